The lowest BCUT2D eigenvalue weighted by Gasteiger charge is -2.10. The third-order valence-corrected chi connectivity index (χ3v) is 2.95. The Bertz CT molecular complexity index is 538. The normalized spacial score (nSPS) is 10.4. The predicted molar refractivity (Wildman–Crippen MR) is 77.5 cm³/mol. The molecule has 106 valence electrons. The Balaban J connectivity index is 1.97. The van der Waals surface area contributed by atoms with E-state index >= 15 is 0 Å². The van der Waals surface area contributed by atoms with Crippen LogP contribution in [0.5, 0.6) is 0 Å². The minimum Gasteiger partial charge on any atom is -0.330 e. The van der Waals surface area contributed by atoms with E-state index in [1.165, 1.54) is 6.33 Å². The van der Waals surface area contributed by atoms with Gasteiger partial charge in [-0.2, -0.15) is 5.10 Å². The van der Waals surface area contributed by atoms with Gasteiger partial charge in [-0.1, -0.05) is 18.6 Å². The quantitative estimate of drug-likeness (QED) is 0.752. The van der Waals surface area contributed by atoms with Crippen molar-refractivity contribution in [2.24, 2.45) is 5.73 Å². The highest BCUT2D eigenvalue weighted by Gasteiger charge is 2.08. The van der Waals surface area contributed by atoms with Crippen LogP contribution in [0.15, 0.2) is 36.9 Å². The molecule has 6 nitrogen and oxygen atoms in total. The van der Waals surface area contributed by atoms with E-state index in [0.29, 0.717) is 13.0 Å². The fraction of sp³-hybridized carbons (Fsp3) is 0.357. The minimum atomic E-state index is 0.00888. The lowest BCUT2D eigenvalue weighted by atomic mass is 10.2. The molecule has 2 rings (SSSR count). The zero-order chi connectivity index (χ0) is 14.2. The van der Waals surface area contributed by atoms with Crippen molar-refractivity contribution < 1.29 is 4.79 Å². The molecule has 6 heteroatoms. The lowest BCUT2D eigenvalue weighted by molar-refractivity contribution is -0.116. The van der Waals surface area contributed by atoms with E-state index in [-0.39, 0.29) is 5.91 Å². The van der Waals surface area contributed by atoms with Crippen LogP contribution in [-0.4, -0.2) is 27.2 Å². The molecule has 0 atom stereocenters. The van der Waals surface area contributed by atoms with E-state index in [2.05, 4.69) is 15.4 Å². The van der Waals surface area contributed by atoms with Gasteiger partial charge in [-0.25, -0.2) is 9.67 Å². The Morgan fingerprint density at radius 3 is 2.85 bits per heavy atom. The average molecular weight is 273 g/mol. The van der Waals surface area contributed by atoms with E-state index in [0.717, 1.165) is 30.6 Å². The first-order valence-electron chi connectivity index (χ1n) is 6.75. The number of nitrogens with zero attached hydrogens (tertiary/aromatic N) is 3. The van der Waals surface area contributed by atoms with Gasteiger partial charge in [0.2, 0.25) is 5.91 Å². The largest absolute Gasteiger partial charge is 0.330 e. The van der Waals surface area contributed by atoms with E-state index in [1.54, 1.807) is 11.0 Å². The fourth-order valence-electron chi connectivity index (χ4n) is 1.93. The number of amides is 1. The van der Waals surface area contributed by atoms with Crippen LogP contribution in [0.3, 0.4) is 0 Å². The Hall–Kier alpha value is -2.21. The lowest BCUT2D eigenvalue weighted by Crippen LogP contribution is -2.13. The molecular formula is C14H19N5O. The third kappa shape index (κ3) is 3.89. The van der Waals surface area contributed by atoms with Gasteiger partial charge in [-0.15, -0.1) is 0 Å². The zero-order valence-corrected chi connectivity index (χ0v) is 11.3. The Morgan fingerprint density at radius 2 is 2.10 bits per heavy atom. The second kappa shape index (κ2) is 7.40. The fourth-order valence-corrected chi connectivity index (χ4v) is 1.93. The molecule has 20 heavy (non-hydrogen) atoms. The summed E-state index contributed by atoms with van der Waals surface area (Å²) in [5, 5.41) is 7.00. The average Bonchev–Trinajstić information content (AvgIpc) is 2.98. The van der Waals surface area contributed by atoms with Gasteiger partial charge in [0.05, 0.1) is 11.4 Å². The van der Waals surface area contributed by atoms with Gasteiger partial charge >= 0.3 is 0 Å². The summed E-state index contributed by atoms with van der Waals surface area (Å²) in [5.74, 6) is 0.00888. The second-order valence-corrected chi connectivity index (χ2v) is 4.50. The van der Waals surface area contributed by atoms with Crippen LogP contribution >= 0.6 is 0 Å². The van der Waals surface area contributed by atoms with Crippen molar-refractivity contribution in [3.05, 3.63) is 36.9 Å². The van der Waals surface area contributed by atoms with E-state index in [9.17, 15) is 4.79 Å². The maximum atomic E-state index is 11.9. The molecule has 0 fully saturated rings. The van der Waals surface area contributed by atoms with Gasteiger partial charge in [0.15, 0.2) is 0 Å². The van der Waals surface area contributed by atoms with Crippen molar-refractivity contribution in [1.82, 2.24) is 14.8 Å². The highest BCUT2D eigenvalue weighted by Crippen LogP contribution is 2.19. The molecule has 0 saturated carbocycles. The standard InChI is InChI=1S/C14H19N5O/c15-9-5-1-2-8-14(20)18-12-6-3-4-7-13(12)19-11-16-10-17-19/h3-4,6-7,10-11H,1-2,5,8-9,15H2,(H,18,20). The van der Waals surface area contributed by atoms with Gasteiger partial charge in [0.1, 0.15) is 12.7 Å². The first-order valence-corrected chi connectivity index (χ1v) is 6.75. The smallest absolute Gasteiger partial charge is 0.224 e. The summed E-state index contributed by atoms with van der Waals surface area (Å²) in [7, 11) is 0. The number of unbranched alkanes of at least 4 members (excludes halogenated alkanes) is 2. The summed E-state index contributed by atoms with van der Waals surface area (Å²) in [4.78, 5) is 15.8. The summed E-state index contributed by atoms with van der Waals surface area (Å²) in [6, 6.07) is 7.52. The summed E-state index contributed by atoms with van der Waals surface area (Å²) in [5.41, 5.74) is 6.97. The SMILES string of the molecule is NCCCCCC(=O)Nc1ccccc1-n1cncn1. The molecule has 1 heterocycles. The Labute approximate surface area is 118 Å². The molecule has 0 bridgehead atoms. The summed E-state index contributed by atoms with van der Waals surface area (Å²) in [6.07, 6.45) is 6.37. The summed E-state index contributed by atoms with van der Waals surface area (Å²) >= 11 is 0. The first-order chi connectivity index (χ1) is 9.81. The molecular weight excluding hydrogens is 254 g/mol. The minimum absolute atomic E-state index is 0.00888. The molecule has 3 N–H and O–H groups in total. The van der Waals surface area contributed by atoms with Gasteiger partial charge in [0, 0.05) is 6.42 Å². The van der Waals surface area contributed by atoms with Crippen LogP contribution in [0.25, 0.3) is 5.69 Å². The second-order valence-electron chi connectivity index (χ2n) is 4.50. The number of rotatable bonds is 7. The number of carbonyl (C=O) groups is 1. The number of hydrogen-bond acceptors (Lipinski definition) is 4. The monoisotopic (exact) mass is 273 g/mol. The van der Waals surface area contributed by atoms with E-state index in [1.807, 2.05) is 24.3 Å². The molecule has 0 aliphatic carbocycles. The topological polar surface area (TPSA) is 85.8 Å². The number of nitrogens with two attached hydrogens (primary N) is 1. The molecule has 1 amide bonds. The van der Waals surface area contributed by atoms with Gasteiger partial charge < -0.3 is 11.1 Å². The number of carbonyl (C=O) groups excluding carboxylic acids is 1. The summed E-state index contributed by atoms with van der Waals surface area (Å²) in [6.45, 7) is 0.677. The maximum absolute atomic E-state index is 11.9. The van der Waals surface area contributed by atoms with E-state index < -0.39 is 0 Å². The molecule has 0 saturated heterocycles. The third-order valence-electron chi connectivity index (χ3n) is 2.95. The van der Waals surface area contributed by atoms with Crippen molar-refractivity contribution in [3.63, 3.8) is 0 Å². The number of nitrogens with one attached hydrogen (secondary N) is 1. The van der Waals surface area contributed by atoms with Crippen molar-refractivity contribution in [1.29, 1.82) is 0 Å². The molecule has 0 spiro atoms. The molecule has 0 aliphatic heterocycles. The van der Waals surface area contributed by atoms with E-state index in [4.69, 9.17) is 5.73 Å². The molecule has 0 radical (unpaired) electrons. The van der Waals surface area contributed by atoms with Crippen LogP contribution in [0.2, 0.25) is 0 Å². The van der Waals surface area contributed by atoms with Gasteiger partial charge in [-0.3, -0.25) is 4.79 Å². The van der Waals surface area contributed by atoms with Crippen LogP contribution in [0, 0.1) is 0 Å². The van der Waals surface area contributed by atoms with Crippen LogP contribution < -0.4 is 11.1 Å². The number of benzene rings is 1. The van der Waals surface area contributed by atoms with Gasteiger partial charge in [0.25, 0.3) is 0 Å². The van der Waals surface area contributed by atoms with Crippen LogP contribution in [0.4, 0.5) is 5.69 Å². The van der Waals surface area contributed by atoms with Crippen molar-refractivity contribution in [2.45, 2.75) is 25.7 Å². The summed E-state index contributed by atoms with van der Waals surface area (Å²) < 4.78 is 1.63. The molecule has 1 aromatic carbocycles. The van der Waals surface area contributed by atoms with Gasteiger partial charge in [-0.05, 0) is 31.5 Å². The molecule has 1 aromatic heterocycles. The molecule has 0 aliphatic rings. The molecule has 0 unspecified atom stereocenters. The van der Waals surface area contributed by atoms with Crippen LogP contribution in [-0.2, 0) is 4.79 Å². The number of hydrogen-bond donors (Lipinski definition) is 2. The maximum Gasteiger partial charge on any atom is 0.224 e. The molecule has 2 aromatic rings. The van der Waals surface area contributed by atoms with Crippen LogP contribution in [0.1, 0.15) is 25.7 Å². The Kier molecular flexibility index (Phi) is 5.25. The number of anilines is 1. The highest BCUT2D eigenvalue weighted by atomic mass is 16.1. The Morgan fingerprint density at radius 1 is 1.25 bits per heavy atom. The number of para-hydroxylation sites is 2. The highest BCUT2D eigenvalue weighted by molar-refractivity contribution is 5.92. The van der Waals surface area contributed by atoms with Crippen molar-refractivity contribution in [3.8, 4) is 5.69 Å². The zero-order valence-electron chi connectivity index (χ0n) is 11.3. The van der Waals surface area contributed by atoms with Crippen molar-refractivity contribution in [2.75, 3.05) is 11.9 Å². The van der Waals surface area contributed by atoms with Crippen molar-refractivity contribution >= 4 is 11.6 Å². The first kappa shape index (κ1) is 14.2. The predicted octanol–water partition coefficient (Wildman–Crippen LogP) is 1.72. The number of aromatic nitrogens is 3.